The number of carbonyl (C=O) groups is 3. The van der Waals surface area contributed by atoms with Gasteiger partial charge in [0.15, 0.2) is 23.1 Å². The number of aliphatic hydroxyl groups is 4. The van der Waals surface area contributed by atoms with Crippen molar-refractivity contribution in [1.82, 2.24) is 0 Å². The number of hydrogen-bond donors (Lipinski definition) is 7. The molecular weight excluding hydrogens is 496 g/mol. The second kappa shape index (κ2) is 8.44. The van der Waals surface area contributed by atoms with Crippen LogP contribution >= 0.6 is 0 Å². The van der Waals surface area contributed by atoms with Crippen LogP contribution in [0.2, 0.25) is 0 Å². The summed E-state index contributed by atoms with van der Waals surface area (Å²) in [5.41, 5.74) is 2.37. The number of nitro groups is 1. The molecular formula is C19H14N2O13S. The van der Waals surface area contributed by atoms with E-state index in [1.807, 2.05) is 0 Å². The van der Waals surface area contributed by atoms with E-state index < -0.39 is 78.9 Å². The van der Waals surface area contributed by atoms with Crippen molar-refractivity contribution in [2.45, 2.75) is 6.10 Å². The van der Waals surface area contributed by atoms with Crippen molar-refractivity contribution in [3.63, 3.8) is 0 Å². The molecule has 0 bridgehead atoms. The van der Waals surface area contributed by atoms with Crippen LogP contribution in [0.15, 0.2) is 63.8 Å². The quantitative estimate of drug-likeness (QED) is 0.122. The normalized spacial score (nSPS) is 21.4. The summed E-state index contributed by atoms with van der Waals surface area (Å²) >= 11 is 0. The molecule has 0 radical (unpaired) electrons. The molecule has 3 aliphatic rings. The predicted molar refractivity (Wildman–Crippen MR) is 111 cm³/mol. The summed E-state index contributed by atoms with van der Waals surface area (Å²) in [4.78, 5) is 47.4. The van der Waals surface area contributed by atoms with Crippen LogP contribution in [0, 0.1) is 16.0 Å². The van der Waals surface area contributed by atoms with Gasteiger partial charge in [0.2, 0.25) is 0 Å². The maximum atomic E-state index is 13.0. The van der Waals surface area contributed by atoms with Crippen molar-refractivity contribution in [3.05, 3.63) is 85.1 Å². The first-order chi connectivity index (χ1) is 16.1. The topological polar surface area (TPSA) is 276 Å². The Hall–Kier alpha value is -4.38. The van der Waals surface area contributed by atoms with Gasteiger partial charge >= 0.3 is 10.4 Å². The molecule has 0 heterocycles. The Bertz CT molecular complexity index is 1460. The van der Waals surface area contributed by atoms with Gasteiger partial charge in [-0.15, -0.1) is 0 Å². The molecule has 15 nitrogen and oxygen atoms in total. The first-order valence-electron chi connectivity index (χ1n) is 9.13. The third-order valence-electron chi connectivity index (χ3n) is 5.24. The third-order valence-corrected chi connectivity index (χ3v) is 5.24. The van der Waals surface area contributed by atoms with E-state index in [9.17, 15) is 44.9 Å². The number of amides is 1. The molecule has 3 aliphatic carbocycles. The highest BCUT2D eigenvalue weighted by Crippen LogP contribution is 2.48. The summed E-state index contributed by atoms with van der Waals surface area (Å²) in [6.45, 7) is 0. The number of nitrogens with zero attached hydrogens (tertiary/aromatic N) is 1. The minimum atomic E-state index is -4.67. The molecule has 8 N–H and O–H groups in total. The number of Topliss-reactive ketones (excluding diaryl/α,β-unsaturated/α-hetero) is 2. The van der Waals surface area contributed by atoms with E-state index in [0.717, 1.165) is 24.3 Å². The molecule has 35 heavy (non-hydrogen) atoms. The largest absolute Gasteiger partial charge is 0.507 e. The number of hydrogen-bond acceptors (Lipinski definition) is 11. The number of primary amides is 1. The van der Waals surface area contributed by atoms with Gasteiger partial charge in [0, 0.05) is 28.8 Å². The fraction of sp³-hybridized carbons (Fsp3) is 0.105. The van der Waals surface area contributed by atoms with Gasteiger partial charge in [-0.2, -0.15) is 8.42 Å². The van der Waals surface area contributed by atoms with E-state index in [1.165, 1.54) is 0 Å². The van der Waals surface area contributed by atoms with E-state index in [1.54, 1.807) is 0 Å². The molecule has 16 heteroatoms. The number of rotatable bonds is 2. The van der Waals surface area contributed by atoms with E-state index in [4.69, 9.17) is 23.3 Å². The second-order valence-corrected chi connectivity index (χ2v) is 8.14. The van der Waals surface area contributed by atoms with Gasteiger partial charge in [-0.1, -0.05) is 6.08 Å². The Morgan fingerprint density at radius 3 is 2.11 bits per heavy atom. The Balaban J connectivity index is 0.000000623. The van der Waals surface area contributed by atoms with Gasteiger partial charge in [0.1, 0.15) is 17.4 Å². The molecule has 1 aromatic carbocycles. The summed E-state index contributed by atoms with van der Waals surface area (Å²) < 4.78 is 31.6. The molecule has 0 saturated heterocycles. The van der Waals surface area contributed by atoms with Crippen LogP contribution in [-0.2, 0) is 20.0 Å². The zero-order valence-corrected chi connectivity index (χ0v) is 17.8. The third kappa shape index (κ3) is 4.28. The number of nitro benzene ring substituents is 1. The number of nitrogens with two attached hydrogens (primary N) is 1. The van der Waals surface area contributed by atoms with Gasteiger partial charge < -0.3 is 26.2 Å². The standard InChI is InChI=1S/C19H12N2O9.H2O4S/c20-19(28)12-15(24)9-4-8-10(16(25)11(9)17(26)18(12)27)14(23)6-2-1-5(21(29)30)3-7(6)13(8)22;1-5(2,3)4/h1-4,9,14,23,25-27H,(H2,20,28);(H2,1,2,3,4). The summed E-state index contributed by atoms with van der Waals surface area (Å²) in [6, 6.07) is 3.19. The summed E-state index contributed by atoms with van der Waals surface area (Å²) in [5.74, 6) is -7.71. The SMILES string of the molecule is NC(=O)C1=C(O)C(O)=C2C(O)=C3C(=CC2C1=O)C(=O)c1cc([N+](=O)[O-])ccc1C3O.O=S(=O)(O)O. The number of ketones is 2. The first-order valence-corrected chi connectivity index (χ1v) is 10.5. The van der Waals surface area contributed by atoms with Crippen LogP contribution in [0.3, 0.4) is 0 Å². The van der Waals surface area contributed by atoms with Crippen LogP contribution in [-0.4, -0.2) is 60.3 Å². The first kappa shape index (κ1) is 25.2. The molecule has 1 amide bonds. The van der Waals surface area contributed by atoms with Crippen molar-refractivity contribution in [2.24, 2.45) is 11.7 Å². The van der Waals surface area contributed by atoms with Crippen LogP contribution < -0.4 is 5.73 Å². The van der Waals surface area contributed by atoms with E-state index in [2.05, 4.69) is 0 Å². The van der Waals surface area contributed by atoms with Gasteiger partial charge in [0.25, 0.3) is 11.6 Å². The molecule has 2 unspecified atom stereocenters. The molecule has 4 rings (SSSR count). The van der Waals surface area contributed by atoms with Gasteiger partial charge in [-0.05, 0) is 11.6 Å². The number of non-ortho nitro benzene ring substituents is 1. The molecule has 1 aromatic rings. The average molecular weight is 510 g/mol. The molecule has 0 aromatic heterocycles. The fourth-order valence-electron chi connectivity index (χ4n) is 3.85. The zero-order chi connectivity index (χ0) is 26.6. The number of allylic oxidation sites excluding steroid dienone is 2. The van der Waals surface area contributed by atoms with Gasteiger partial charge in [-0.3, -0.25) is 33.6 Å². The molecule has 0 spiro atoms. The average Bonchev–Trinajstić information content (AvgIpc) is 2.73. The summed E-state index contributed by atoms with van der Waals surface area (Å²) in [7, 11) is -4.67. The number of carbonyl (C=O) groups excluding carboxylic acids is 3. The van der Waals surface area contributed by atoms with Crippen molar-refractivity contribution in [3.8, 4) is 0 Å². The lowest BCUT2D eigenvalue weighted by atomic mass is 9.70. The van der Waals surface area contributed by atoms with Gasteiger partial charge in [0.05, 0.1) is 16.4 Å². The number of aliphatic hydroxyl groups excluding tert-OH is 4. The lowest BCUT2D eigenvalue weighted by molar-refractivity contribution is -0.384. The monoisotopic (exact) mass is 510 g/mol. The Morgan fingerprint density at radius 1 is 1.03 bits per heavy atom. The maximum absolute atomic E-state index is 13.0. The lowest BCUT2D eigenvalue weighted by Gasteiger charge is -2.34. The maximum Gasteiger partial charge on any atom is 0.394 e. The van der Waals surface area contributed by atoms with Crippen molar-refractivity contribution in [2.75, 3.05) is 0 Å². The minimum Gasteiger partial charge on any atom is -0.507 e. The van der Waals surface area contributed by atoms with Crippen LogP contribution in [0.4, 0.5) is 5.69 Å². The highest BCUT2D eigenvalue weighted by Gasteiger charge is 2.47. The van der Waals surface area contributed by atoms with E-state index >= 15 is 0 Å². The van der Waals surface area contributed by atoms with Crippen LogP contribution in [0.25, 0.3) is 0 Å². The Morgan fingerprint density at radius 2 is 1.60 bits per heavy atom. The molecule has 0 fully saturated rings. The predicted octanol–water partition coefficient (Wildman–Crippen LogP) is 0.232. The highest BCUT2D eigenvalue weighted by molar-refractivity contribution is 7.79. The fourth-order valence-corrected chi connectivity index (χ4v) is 3.85. The summed E-state index contributed by atoms with van der Waals surface area (Å²) in [6.07, 6.45) is -0.615. The van der Waals surface area contributed by atoms with Crippen molar-refractivity contribution >= 4 is 33.6 Å². The molecule has 0 aliphatic heterocycles. The zero-order valence-electron chi connectivity index (χ0n) is 16.9. The van der Waals surface area contributed by atoms with E-state index in [-0.39, 0.29) is 22.3 Å². The van der Waals surface area contributed by atoms with Crippen molar-refractivity contribution in [1.29, 1.82) is 0 Å². The summed E-state index contributed by atoms with van der Waals surface area (Å²) in [5, 5.41) is 52.7. The molecule has 2 atom stereocenters. The van der Waals surface area contributed by atoms with Crippen LogP contribution in [0.5, 0.6) is 0 Å². The smallest absolute Gasteiger partial charge is 0.394 e. The number of fused-ring (bicyclic) bond motifs is 3. The molecule has 184 valence electrons. The van der Waals surface area contributed by atoms with E-state index in [0.29, 0.717) is 0 Å². The molecule has 0 saturated carbocycles. The number of benzene rings is 1. The van der Waals surface area contributed by atoms with Gasteiger partial charge in [-0.25, -0.2) is 0 Å². The lowest BCUT2D eigenvalue weighted by Crippen LogP contribution is -2.36. The van der Waals surface area contributed by atoms with Crippen LogP contribution in [0.1, 0.15) is 22.0 Å². The highest BCUT2D eigenvalue weighted by atomic mass is 32.3. The van der Waals surface area contributed by atoms with Crippen molar-refractivity contribution < 1.29 is 57.3 Å². The Labute approximate surface area is 194 Å². The Kier molecular flexibility index (Phi) is 6.09. The second-order valence-electron chi connectivity index (χ2n) is 7.24. The minimum absolute atomic E-state index is 0.0254.